The second-order valence-electron chi connectivity index (χ2n) is 4.14. The Kier molecular flexibility index (Phi) is 5.96. The second-order valence-corrected chi connectivity index (χ2v) is 6.28. The summed E-state index contributed by atoms with van der Waals surface area (Å²) in [5, 5.41) is 1.92. The Balaban J connectivity index is 1.89. The maximum atomic E-state index is 11.9. The Morgan fingerprint density at radius 2 is 2.09 bits per heavy atom. The number of hydrazine groups is 1. The third-order valence-corrected chi connectivity index (χ3v) is 4.34. The molecule has 7 heteroatoms. The van der Waals surface area contributed by atoms with E-state index in [-0.39, 0.29) is 0 Å². The molecular weight excluding hydrogens is 415 g/mol. The van der Waals surface area contributed by atoms with E-state index in [0.717, 1.165) is 8.45 Å². The summed E-state index contributed by atoms with van der Waals surface area (Å²) in [5.41, 5.74) is 5.14. The van der Waals surface area contributed by atoms with E-state index in [2.05, 4.69) is 33.4 Å². The van der Waals surface area contributed by atoms with Crippen molar-refractivity contribution in [1.29, 1.82) is 0 Å². The molecule has 0 fully saturated rings. The third-order valence-electron chi connectivity index (χ3n) is 2.66. The first-order chi connectivity index (χ1) is 10.6. The number of benzene rings is 1. The van der Waals surface area contributed by atoms with Gasteiger partial charge in [-0.1, -0.05) is 6.07 Å². The summed E-state index contributed by atoms with van der Waals surface area (Å²) in [6.45, 7) is 0. The van der Waals surface area contributed by atoms with E-state index in [1.807, 2.05) is 17.5 Å². The molecule has 2 aromatic rings. The average Bonchev–Trinajstić information content (AvgIpc) is 3.03. The molecule has 5 nitrogen and oxygen atoms in total. The fourth-order valence-electron chi connectivity index (χ4n) is 1.58. The zero-order valence-corrected chi connectivity index (χ0v) is 14.6. The van der Waals surface area contributed by atoms with Crippen LogP contribution in [-0.4, -0.2) is 18.9 Å². The van der Waals surface area contributed by atoms with Crippen molar-refractivity contribution in [3.63, 3.8) is 0 Å². The van der Waals surface area contributed by atoms with Gasteiger partial charge in [0.25, 0.3) is 11.8 Å². The van der Waals surface area contributed by atoms with Gasteiger partial charge in [-0.3, -0.25) is 20.4 Å². The van der Waals surface area contributed by atoms with Gasteiger partial charge in [-0.2, -0.15) is 0 Å². The number of thiophene rings is 1. The van der Waals surface area contributed by atoms with Crippen LogP contribution in [0, 0.1) is 3.57 Å². The number of ether oxygens (including phenoxy) is 1. The molecule has 2 N–H and O–H groups in total. The van der Waals surface area contributed by atoms with Gasteiger partial charge >= 0.3 is 0 Å². The highest BCUT2D eigenvalue weighted by Crippen LogP contribution is 2.21. The maximum Gasteiger partial charge on any atom is 0.269 e. The van der Waals surface area contributed by atoms with Crippen molar-refractivity contribution in [2.45, 2.75) is 0 Å². The van der Waals surface area contributed by atoms with Crippen molar-refractivity contribution in [3.05, 3.63) is 55.8 Å². The molecule has 0 radical (unpaired) electrons. The number of rotatable bonds is 4. The van der Waals surface area contributed by atoms with Gasteiger partial charge in [0.15, 0.2) is 0 Å². The highest BCUT2D eigenvalue weighted by molar-refractivity contribution is 14.1. The minimum atomic E-state index is -0.398. The van der Waals surface area contributed by atoms with Gasteiger partial charge < -0.3 is 4.74 Å². The number of halogens is 1. The van der Waals surface area contributed by atoms with Crippen molar-refractivity contribution < 1.29 is 14.3 Å². The Hall–Kier alpha value is -1.87. The summed E-state index contributed by atoms with van der Waals surface area (Å²) >= 11 is 3.60. The Labute approximate surface area is 145 Å². The predicted octanol–water partition coefficient (Wildman–Crippen LogP) is 2.84. The zero-order chi connectivity index (χ0) is 15.9. The Bertz CT molecular complexity index is 699. The van der Waals surface area contributed by atoms with Gasteiger partial charge in [-0.15, -0.1) is 11.3 Å². The van der Waals surface area contributed by atoms with E-state index in [1.165, 1.54) is 17.4 Å². The lowest BCUT2D eigenvalue weighted by atomic mass is 10.2. The number of hydrogen-bond acceptors (Lipinski definition) is 4. The molecule has 1 aromatic carbocycles. The standard InChI is InChI=1S/C15H13IN2O3S/c1-21-13-6-4-10(9-12(13)16)15(20)18-17-14(19)7-5-11-3-2-8-22-11/h2-9H,1H3,(H,17,19)(H,18,20). The van der Waals surface area contributed by atoms with Gasteiger partial charge in [0.2, 0.25) is 0 Å². The van der Waals surface area contributed by atoms with Crippen LogP contribution in [0.5, 0.6) is 5.75 Å². The van der Waals surface area contributed by atoms with Crippen LogP contribution in [0.1, 0.15) is 15.2 Å². The molecular formula is C15H13IN2O3S. The highest BCUT2D eigenvalue weighted by atomic mass is 127. The zero-order valence-electron chi connectivity index (χ0n) is 11.6. The van der Waals surface area contributed by atoms with Gasteiger partial charge in [-0.05, 0) is 58.3 Å². The van der Waals surface area contributed by atoms with Crippen LogP contribution in [0.3, 0.4) is 0 Å². The van der Waals surface area contributed by atoms with Crippen LogP contribution < -0.4 is 15.6 Å². The summed E-state index contributed by atoms with van der Waals surface area (Å²) in [4.78, 5) is 24.5. The van der Waals surface area contributed by atoms with E-state index in [4.69, 9.17) is 4.74 Å². The van der Waals surface area contributed by atoms with Crippen molar-refractivity contribution in [3.8, 4) is 5.75 Å². The maximum absolute atomic E-state index is 11.9. The number of amides is 2. The number of methoxy groups -OCH3 is 1. The summed E-state index contributed by atoms with van der Waals surface area (Å²) < 4.78 is 5.94. The molecule has 0 saturated heterocycles. The number of hydrogen-bond donors (Lipinski definition) is 2. The summed E-state index contributed by atoms with van der Waals surface area (Å²) in [6, 6.07) is 8.81. The average molecular weight is 428 g/mol. The van der Waals surface area contributed by atoms with Crippen LogP contribution >= 0.6 is 33.9 Å². The van der Waals surface area contributed by atoms with Crippen molar-refractivity contribution in [2.24, 2.45) is 0 Å². The first-order valence-electron chi connectivity index (χ1n) is 6.25. The minimum Gasteiger partial charge on any atom is -0.496 e. The summed E-state index contributed by atoms with van der Waals surface area (Å²) in [5.74, 6) is -0.0940. The topological polar surface area (TPSA) is 67.4 Å². The van der Waals surface area contributed by atoms with E-state index in [1.54, 1.807) is 31.4 Å². The molecule has 0 aliphatic rings. The minimum absolute atomic E-state index is 0.390. The number of carbonyl (C=O) groups excluding carboxylic acids is 2. The van der Waals surface area contributed by atoms with Gasteiger partial charge in [0.1, 0.15) is 5.75 Å². The van der Waals surface area contributed by atoms with E-state index < -0.39 is 11.8 Å². The lowest BCUT2D eigenvalue weighted by Gasteiger charge is -2.07. The summed E-state index contributed by atoms with van der Waals surface area (Å²) in [6.07, 6.45) is 3.05. The lowest BCUT2D eigenvalue weighted by Crippen LogP contribution is -2.40. The molecule has 0 spiro atoms. The van der Waals surface area contributed by atoms with Crippen LogP contribution in [0.15, 0.2) is 41.8 Å². The lowest BCUT2D eigenvalue weighted by molar-refractivity contribution is -0.117. The molecule has 2 rings (SSSR count). The van der Waals surface area contributed by atoms with Crippen LogP contribution in [-0.2, 0) is 4.79 Å². The molecule has 0 aliphatic heterocycles. The monoisotopic (exact) mass is 428 g/mol. The largest absolute Gasteiger partial charge is 0.496 e. The molecule has 1 aromatic heterocycles. The Morgan fingerprint density at radius 1 is 1.27 bits per heavy atom. The molecule has 0 bridgehead atoms. The second kappa shape index (κ2) is 7.95. The summed E-state index contributed by atoms with van der Waals surface area (Å²) in [7, 11) is 1.57. The fraction of sp³-hybridized carbons (Fsp3) is 0.0667. The van der Waals surface area contributed by atoms with E-state index >= 15 is 0 Å². The Morgan fingerprint density at radius 3 is 2.73 bits per heavy atom. The van der Waals surface area contributed by atoms with Gasteiger partial charge in [-0.25, -0.2) is 0 Å². The molecule has 0 unspecified atom stereocenters. The SMILES string of the molecule is COc1ccc(C(=O)NNC(=O)C=Cc2cccs2)cc1I. The first-order valence-corrected chi connectivity index (χ1v) is 8.21. The fourth-order valence-corrected chi connectivity index (χ4v) is 2.94. The van der Waals surface area contributed by atoms with Crippen LogP contribution in [0.25, 0.3) is 6.08 Å². The van der Waals surface area contributed by atoms with Gasteiger partial charge in [0.05, 0.1) is 10.7 Å². The molecule has 2 amide bonds. The van der Waals surface area contributed by atoms with Crippen molar-refractivity contribution in [1.82, 2.24) is 10.9 Å². The molecule has 114 valence electrons. The molecule has 0 saturated carbocycles. The van der Waals surface area contributed by atoms with Crippen LogP contribution in [0.2, 0.25) is 0 Å². The molecule has 0 aliphatic carbocycles. The number of nitrogens with one attached hydrogen (secondary N) is 2. The van der Waals surface area contributed by atoms with E-state index in [0.29, 0.717) is 11.3 Å². The molecule has 22 heavy (non-hydrogen) atoms. The first kappa shape index (κ1) is 16.5. The highest BCUT2D eigenvalue weighted by Gasteiger charge is 2.09. The normalized spacial score (nSPS) is 10.5. The predicted molar refractivity (Wildman–Crippen MR) is 94.7 cm³/mol. The molecule has 1 heterocycles. The van der Waals surface area contributed by atoms with E-state index in [9.17, 15) is 9.59 Å². The molecule has 0 atom stereocenters. The number of carbonyl (C=O) groups is 2. The van der Waals surface area contributed by atoms with Crippen molar-refractivity contribution in [2.75, 3.05) is 7.11 Å². The van der Waals surface area contributed by atoms with Crippen molar-refractivity contribution >= 4 is 51.8 Å². The van der Waals surface area contributed by atoms with Gasteiger partial charge in [0, 0.05) is 16.5 Å². The quantitative estimate of drug-likeness (QED) is 0.447. The smallest absolute Gasteiger partial charge is 0.269 e. The van der Waals surface area contributed by atoms with Crippen LogP contribution in [0.4, 0.5) is 0 Å². The third kappa shape index (κ3) is 4.57.